The highest BCUT2D eigenvalue weighted by Gasteiger charge is 2.19. The molecule has 0 aromatic heterocycles. The summed E-state index contributed by atoms with van der Waals surface area (Å²) in [7, 11) is 0. The minimum absolute atomic E-state index is 0.113. The normalized spacial score (nSPS) is 14.3. The Morgan fingerprint density at radius 1 is 1.05 bits per heavy atom. The van der Waals surface area contributed by atoms with E-state index in [1.165, 1.54) is 0 Å². The van der Waals surface area contributed by atoms with Gasteiger partial charge in [-0.15, -0.1) is 0 Å². The summed E-state index contributed by atoms with van der Waals surface area (Å²) in [6, 6.07) is 17.6. The zero-order valence-corrected chi connectivity index (χ0v) is 11.2. The Balaban J connectivity index is 1.69. The lowest BCUT2D eigenvalue weighted by atomic mass is 10.2. The Kier molecular flexibility index (Phi) is 3.68. The van der Waals surface area contributed by atoms with Crippen LogP contribution in [0.2, 0.25) is 0 Å². The van der Waals surface area contributed by atoms with E-state index >= 15 is 0 Å². The molecule has 1 aliphatic rings. The molecule has 0 spiro atoms. The molecule has 0 N–H and O–H groups in total. The van der Waals surface area contributed by atoms with Gasteiger partial charge in [0, 0.05) is 18.7 Å². The van der Waals surface area contributed by atoms with E-state index in [0.29, 0.717) is 0 Å². The SMILES string of the molecule is O=C(c1ccc(Oc2c[c]ccc2)cc1)N1CCCC1. The number of carbonyl (C=O) groups excluding carboxylic acids is 1. The van der Waals surface area contributed by atoms with Gasteiger partial charge in [-0.05, 0) is 55.3 Å². The zero-order chi connectivity index (χ0) is 13.8. The molecule has 0 bridgehead atoms. The maximum absolute atomic E-state index is 12.2. The summed E-state index contributed by atoms with van der Waals surface area (Å²) in [5.74, 6) is 1.58. The molecule has 3 heteroatoms. The topological polar surface area (TPSA) is 29.5 Å². The van der Waals surface area contributed by atoms with E-state index in [-0.39, 0.29) is 5.91 Å². The molecule has 1 amide bonds. The van der Waals surface area contributed by atoms with Crippen LogP contribution >= 0.6 is 0 Å². The summed E-state index contributed by atoms with van der Waals surface area (Å²) in [6.07, 6.45) is 2.22. The fourth-order valence-corrected chi connectivity index (χ4v) is 2.34. The monoisotopic (exact) mass is 266 g/mol. The van der Waals surface area contributed by atoms with Gasteiger partial charge in [-0.2, -0.15) is 0 Å². The number of benzene rings is 2. The van der Waals surface area contributed by atoms with Crippen molar-refractivity contribution < 1.29 is 9.53 Å². The first-order valence-corrected chi connectivity index (χ1v) is 6.86. The molecule has 101 valence electrons. The number of rotatable bonds is 3. The van der Waals surface area contributed by atoms with E-state index in [2.05, 4.69) is 6.07 Å². The Bertz CT molecular complexity index is 572. The first kappa shape index (κ1) is 12.7. The molecule has 0 saturated carbocycles. The van der Waals surface area contributed by atoms with E-state index in [0.717, 1.165) is 43.0 Å². The maximum Gasteiger partial charge on any atom is 0.253 e. The minimum atomic E-state index is 0.113. The highest BCUT2D eigenvalue weighted by Crippen LogP contribution is 2.22. The molecule has 1 saturated heterocycles. The molecule has 3 nitrogen and oxygen atoms in total. The van der Waals surface area contributed by atoms with E-state index in [9.17, 15) is 4.79 Å². The number of amides is 1. The van der Waals surface area contributed by atoms with Gasteiger partial charge in [0.25, 0.3) is 5.91 Å². The first-order valence-electron chi connectivity index (χ1n) is 6.86. The number of hydrogen-bond acceptors (Lipinski definition) is 2. The summed E-state index contributed by atoms with van der Waals surface area (Å²) in [6.45, 7) is 1.74. The van der Waals surface area contributed by atoms with E-state index in [1.807, 2.05) is 47.4 Å². The Labute approximate surface area is 118 Å². The van der Waals surface area contributed by atoms with Crippen LogP contribution < -0.4 is 4.74 Å². The molecular weight excluding hydrogens is 250 g/mol. The molecule has 0 atom stereocenters. The molecule has 1 fully saturated rings. The van der Waals surface area contributed by atoms with Crippen LogP contribution in [0.5, 0.6) is 11.5 Å². The molecule has 3 rings (SSSR count). The van der Waals surface area contributed by atoms with Crippen LogP contribution in [-0.2, 0) is 0 Å². The lowest BCUT2D eigenvalue weighted by Crippen LogP contribution is -2.27. The second-order valence-corrected chi connectivity index (χ2v) is 4.86. The van der Waals surface area contributed by atoms with Crippen LogP contribution in [0, 0.1) is 6.07 Å². The van der Waals surface area contributed by atoms with E-state index < -0.39 is 0 Å². The van der Waals surface area contributed by atoms with Gasteiger partial charge in [-0.1, -0.05) is 12.1 Å². The molecule has 2 aromatic rings. The average Bonchev–Trinajstić information content (AvgIpc) is 3.03. The third kappa shape index (κ3) is 2.82. The van der Waals surface area contributed by atoms with E-state index in [1.54, 1.807) is 6.07 Å². The van der Waals surface area contributed by atoms with Crippen molar-refractivity contribution in [2.75, 3.05) is 13.1 Å². The fraction of sp³-hybridized carbons (Fsp3) is 0.235. The fourth-order valence-electron chi connectivity index (χ4n) is 2.34. The quantitative estimate of drug-likeness (QED) is 0.850. The smallest absolute Gasteiger partial charge is 0.253 e. The van der Waals surface area contributed by atoms with Crippen molar-refractivity contribution >= 4 is 5.91 Å². The molecule has 1 aliphatic heterocycles. The highest BCUT2D eigenvalue weighted by molar-refractivity contribution is 5.94. The lowest BCUT2D eigenvalue weighted by molar-refractivity contribution is 0.0793. The predicted molar refractivity (Wildman–Crippen MR) is 76.9 cm³/mol. The molecule has 0 aliphatic carbocycles. The molecule has 1 heterocycles. The first-order chi connectivity index (χ1) is 9.83. The number of ether oxygens (including phenoxy) is 1. The minimum Gasteiger partial charge on any atom is -0.457 e. The van der Waals surface area contributed by atoms with Crippen molar-refractivity contribution in [1.29, 1.82) is 0 Å². The third-order valence-corrected chi connectivity index (χ3v) is 3.41. The van der Waals surface area contributed by atoms with Crippen LogP contribution in [-0.4, -0.2) is 23.9 Å². The Morgan fingerprint density at radius 3 is 2.45 bits per heavy atom. The van der Waals surface area contributed by atoms with Gasteiger partial charge in [-0.3, -0.25) is 4.79 Å². The number of likely N-dealkylation sites (tertiary alicyclic amines) is 1. The maximum atomic E-state index is 12.2. The van der Waals surface area contributed by atoms with Crippen LogP contribution in [0.3, 0.4) is 0 Å². The zero-order valence-electron chi connectivity index (χ0n) is 11.2. The molecular formula is C17H16NO2. The van der Waals surface area contributed by atoms with Crippen LogP contribution in [0.4, 0.5) is 0 Å². The standard InChI is InChI=1S/C17H16NO2/c19-17(18-12-4-5-13-18)14-8-10-16(11-9-14)20-15-6-2-1-3-7-15/h1-2,6-11H,4-5,12-13H2. The molecule has 1 radical (unpaired) electrons. The van der Waals surface area contributed by atoms with Gasteiger partial charge in [0.05, 0.1) is 0 Å². The second-order valence-electron chi connectivity index (χ2n) is 4.86. The largest absolute Gasteiger partial charge is 0.457 e. The highest BCUT2D eigenvalue weighted by atomic mass is 16.5. The van der Waals surface area contributed by atoms with E-state index in [4.69, 9.17) is 4.74 Å². The number of hydrogen-bond donors (Lipinski definition) is 0. The van der Waals surface area contributed by atoms with Gasteiger partial charge in [0.15, 0.2) is 0 Å². The molecule has 2 aromatic carbocycles. The Hall–Kier alpha value is -2.29. The van der Waals surface area contributed by atoms with Crippen molar-refractivity contribution in [3.63, 3.8) is 0 Å². The predicted octanol–water partition coefficient (Wildman–Crippen LogP) is 3.52. The summed E-state index contributed by atoms with van der Waals surface area (Å²) in [4.78, 5) is 14.1. The Morgan fingerprint density at radius 2 is 1.80 bits per heavy atom. The van der Waals surface area contributed by atoms with Crippen molar-refractivity contribution in [1.82, 2.24) is 4.90 Å². The van der Waals surface area contributed by atoms with Gasteiger partial charge in [0.2, 0.25) is 0 Å². The van der Waals surface area contributed by atoms with Gasteiger partial charge in [0.1, 0.15) is 11.5 Å². The van der Waals surface area contributed by atoms with Crippen molar-refractivity contribution in [2.24, 2.45) is 0 Å². The summed E-state index contributed by atoms with van der Waals surface area (Å²) in [5, 5.41) is 0. The van der Waals surface area contributed by atoms with Crippen molar-refractivity contribution in [2.45, 2.75) is 12.8 Å². The summed E-state index contributed by atoms with van der Waals surface area (Å²) in [5.41, 5.74) is 0.721. The number of nitrogens with zero attached hydrogens (tertiary/aromatic N) is 1. The van der Waals surface area contributed by atoms with Gasteiger partial charge >= 0.3 is 0 Å². The van der Waals surface area contributed by atoms with Crippen molar-refractivity contribution in [3.8, 4) is 11.5 Å². The van der Waals surface area contributed by atoms with Gasteiger partial charge < -0.3 is 9.64 Å². The van der Waals surface area contributed by atoms with Crippen LogP contribution in [0.25, 0.3) is 0 Å². The van der Waals surface area contributed by atoms with Crippen LogP contribution in [0.1, 0.15) is 23.2 Å². The molecule has 0 unspecified atom stereocenters. The average molecular weight is 266 g/mol. The van der Waals surface area contributed by atoms with Gasteiger partial charge in [-0.25, -0.2) is 0 Å². The summed E-state index contributed by atoms with van der Waals surface area (Å²) < 4.78 is 5.68. The molecule has 20 heavy (non-hydrogen) atoms. The van der Waals surface area contributed by atoms with Crippen LogP contribution in [0.15, 0.2) is 48.5 Å². The lowest BCUT2D eigenvalue weighted by Gasteiger charge is -2.15. The number of carbonyl (C=O) groups is 1. The van der Waals surface area contributed by atoms with Crippen molar-refractivity contribution in [3.05, 3.63) is 60.2 Å². The second kappa shape index (κ2) is 5.78. The summed E-state index contributed by atoms with van der Waals surface area (Å²) >= 11 is 0. The third-order valence-electron chi connectivity index (χ3n) is 3.41.